The third-order valence-corrected chi connectivity index (χ3v) is 4.17. The highest BCUT2D eigenvalue weighted by atomic mass is 16.5. The summed E-state index contributed by atoms with van der Waals surface area (Å²) in [5, 5.41) is 3.21. The molecular formula is C18H25N3O2. The third kappa shape index (κ3) is 3.74. The molecule has 0 spiro atoms. The first-order valence-electron chi connectivity index (χ1n) is 7.83. The van der Waals surface area contributed by atoms with Gasteiger partial charge < -0.3 is 20.8 Å². The second-order valence-corrected chi connectivity index (χ2v) is 5.68. The lowest BCUT2D eigenvalue weighted by atomic mass is 10.0. The minimum absolute atomic E-state index is 0.148. The molecule has 0 aliphatic heterocycles. The number of nitrogens with two attached hydrogens (primary N) is 1. The number of aryl methyl sites for hydroxylation is 3. The summed E-state index contributed by atoms with van der Waals surface area (Å²) in [6, 6.07) is 5.99. The number of rotatable bonds is 6. The van der Waals surface area contributed by atoms with Crippen molar-refractivity contribution in [3.8, 4) is 5.75 Å². The molecule has 0 aliphatic carbocycles. The Hall–Kier alpha value is -2.27. The Morgan fingerprint density at radius 1 is 1.17 bits per heavy atom. The largest absolute Gasteiger partial charge is 0.496 e. The third-order valence-electron chi connectivity index (χ3n) is 4.17. The SMILES string of the molecule is CCc1cc(NCc2cc(C)c(C)cc2OC)c(=O)[nH]c1CN. The standard InChI is InChI=1S/C18H25N3O2/c1-5-13-8-15(18(22)21-16(13)9-19)20-10-14-6-11(2)12(3)7-17(14)23-4/h6-8,20H,5,9-10,19H2,1-4H3,(H,21,22). The van der Waals surface area contributed by atoms with Crippen molar-refractivity contribution in [1.82, 2.24) is 4.98 Å². The summed E-state index contributed by atoms with van der Waals surface area (Å²) in [4.78, 5) is 15.0. The molecule has 4 N–H and O–H groups in total. The van der Waals surface area contributed by atoms with Crippen LogP contribution in [0, 0.1) is 13.8 Å². The second-order valence-electron chi connectivity index (χ2n) is 5.68. The van der Waals surface area contributed by atoms with E-state index in [1.54, 1.807) is 7.11 Å². The predicted octanol–water partition coefficient (Wildman–Crippen LogP) is 2.63. The summed E-state index contributed by atoms with van der Waals surface area (Å²) >= 11 is 0. The first kappa shape index (κ1) is 17.1. The zero-order valence-corrected chi connectivity index (χ0v) is 14.2. The van der Waals surface area contributed by atoms with Crippen molar-refractivity contribution in [2.24, 2.45) is 5.73 Å². The van der Waals surface area contributed by atoms with E-state index in [4.69, 9.17) is 10.5 Å². The molecule has 0 saturated heterocycles. The number of hydrogen-bond donors (Lipinski definition) is 3. The minimum atomic E-state index is -0.148. The summed E-state index contributed by atoms with van der Waals surface area (Å²) in [5.41, 5.74) is 11.3. The lowest BCUT2D eigenvalue weighted by Crippen LogP contribution is -2.19. The van der Waals surface area contributed by atoms with Crippen molar-refractivity contribution in [2.75, 3.05) is 12.4 Å². The van der Waals surface area contributed by atoms with Crippen LogP contribution in [0.5, 0.6) is 5.75 Å². The van der Waals surface area contributed by atoms with E-state index in [9.17, 15) is 4.79 Å². The van der Waals surface area contributed by atoms with Crippen LogP contribution in [0.4, 0.5) is 5.69 Å². The monoisotopic (exact) mass is 315 g/mol. The van der Waals surface area contributed by atoms with Crippen LogP contribution >= 0.6 is 0 Å². The van der Waals surface area contributed by atoms with Gasteiger partial charge in [-0.05, 0) is 49.1 Å². The molecule has 0 amide bonds. The Bertz CT molecular complexity index is 751. The number of ether oxygens (including phenoxy) is 1. The van der Waals surface area contributed by atoms with E-state index in [0.717, 1.165) is 29.0 Å². The van der Waals surface area contributed by atoms with Crippen LogP contribution in [0.2, 0.25) is 0 Å². The van der Waals surface area contributed by atoms with Crippen LogP contribution < -0.4 is 21.3 Å². The molecule has 0 unspecified atom stereocenters. The summed E-state index contributed by atoms with van der Waals surface area (Å²) in [6.45, 7) is 7.03. The van der Waals surface area contributed by atoms with Crippen LogP contribution in [-0.2, 0) is 19.5 Å². The highest BCUT2D eigenvalue weighted by Crippen LogP contribution is 2.24. The van der Waals surface area contributed by atoms with Gasteiger partial charge in [0.1, 0.15) is 11.4 Å². The normalized spacial score (nSPS) is 10.7. The van der Waals surface area contributed by atoms with Gasteiger partial charge in [0.05, 0.1) is 7.11 Å². The van der Waals surface area contributed by atoms with E-state index >= 15 is 0 Å². The van der Waals surface area contributed by atoms with Gasteiger partial charge in [0, 0.05) is 24.3 Å². The van der Waals surface area contributed by atoms with Gasteiger partial charge in [0.25, 0.3) is 5.56 Å². The van der Waals surface area contributed by atoms with Gasteiger partial charge in [-0.1, -0.05) is 13.0 Å². The van der Waals surface area contributed by atoms with Crippen molar-refractivity contribution < 1.29 is 4.74 Å². The molecule has 1 aromatic carbocycles. The van der Waals surface area contributed by atoms with Crippen LogP contribution in [0.15, 0.2) is 23.0 Å². The van der Waals surface area contributed by atoms with Crippen LogP contribution in [0.3, 0.4) is 0 Å². The summed E-state index contributed by atoms with van der Waals surface area (Å²) in [6.07, 6.45) is 0.824. The highest BCUT2D eigenvalue weighted by molar-refractivity contribution is 5.48. The first-order chi connectivity index (χ1) is 11.0. The van der Waals surface area contributed by atoms with Crippen molar-refractivity contribution in [1.29, 1.82) is 0 Å². The molecule has 0 radical (unpaired) electrons. The Labute approximate surface area is 136 Å². The number of hydrogen-bond acceptors (Lipinski definition) is 4. The number of aromatic amines is 1. The van der Waals surface area contributed by atoms with Gasteiger partial charge in [-0.15, -0.1) is 0 Å². The van der Waals surface area contributed by atoms with Gasteiger partial charge in [-0.2, -0.15) is 0 Å². The van der Waals surface area contributed by atoms with Crippen LogP contribution in [-0.4, -0.2) is 12.1 Å². The molecular weight excluding hydrogens is 290 g/mol. The van der Waals surface area contributed by atoms with E-state index < -0.39 is 0 Å². The molecule has 0 saturated carbocycles. The molecule has 2 aromatic rings. The average Bonchev–Trinajstić information content (AvgIpc) is 2.55. The fraction of sp³-hybridized carbons (Fsp3) is 0.389. The summed E-state index contributed by atoms with van der Waals surface area (Å²) in [5.74, 6) is 0.825. The number of anilines is 1. The molecule has 5 nitrogen and oxygen atoms in total. The molecule has 5 heteroatoms. The molecule has 23 heavy (non-hydrogen) atoms. The second kappa shape index (κ2) is 7.33. The van der Waals surface area contributed by atoms with E-state index in [2.05, 4.69) is 30.2 Å². The lowest BCUT2D eigenvalue weighted by molar-refractivity contribution is 0.410. The van der Waals surface area contributed by atoms with E-state index in [-0.39, 0.29) is 5.56 Å². The topological polar surface area (TPSA) is 80.1 Å². The van der Waals surface area contributed by atoms with E-state index in [0.29, 0.717) is 18.8 Å². The summed E-state index contributed by atoms with van der Waals surface area (Å²) < 4.78 is 5.44. The zero-order chi connectivity index (χ0) is 17.0. The number of aromatic nitrogens is 1. The van der Waals surface area contributed by atoms with Crippen molar-refractivity contribution >= 4 is 5.69 Å². The molecule has 1 aromatic heterocycles. The first-order valence-corrected chi connectivity index (χ1v) is 7.83. The molecule has 1 heterocycles. The maximum Gasteiger partial charge on any atom is 0.271 e. The Kier molecular flexibility index (Phi) is 5.45. The maximum absolute atomic E-state index is 12.2. The summed E-state index contributed by atoms with van der Waals surface area (Å²) in [7, 11) is 1.66. The smallest absolute Gasteiger partial charge is 0.271 e. The number of pyridine rings is 1. The van der Waals surface area contributed by atoms with Gasteiger partial charge in [0.2, 0.25) is 0 Å². The van der Waals surface area contributed by atoms with E-state index in [1.165, 1.54) is 11.1 Å². The molecule has 0 atom stereocenters. The number of H-pyrrole nitrogens is 1. The Balaban J connectivity index is 2.28. The maximum atomic E-state index is 12.2. The molecule has 0 aliphatic rings. The van der Waals surface area contributed by atoms with Crippen LogP contribution in [0.25, 0.3) is 0 Å². The number of methoxy groups -OCH3 is 1. The van der Waals surface area contributed by atoms with Gasteiger partial charge in [0.15, 0.2) is 0 Å². The van der Waals surface area contributed by atoms with Crippen molar-refractivity contribution in [3.05, 3.63) is 56.5 Å². The van der Waals surface area contributed by atoms with Crippen LogP contribution in [0.1, 0.15) is 34.9 Å². The van der Waals surface area contributed by atoms with Crippen molar-refractivity contribution in [2.45, 2.75) is 40.3 Å². The highest BCUT2D eigenvalue weighted by Gasteiger charge is 2.09. The number of benzene rings is 1. The lowest BCUT2D eigenvalue weighted by Gasteiger charge is -2.14. The molecule has 2 rings (SSSR count). The fourth-order valence-corrected chi connectivity index (χ4v) is 2.61. The number of nitrogens with one attached hydrogen (secondary N) is 2. The Morgan fingerprint density at radius 2 is 1.87 bits per heavy atom. The fourth-order valence-electron chi connectivity index (χ4n) is 2.61. The molecule has 0 bridgehead atoms. The zero-order valence-electron chi connectivity index (χ0n) is 14.2. The average molecular weight is 315 g/mol. The molecule has 124 valence electrons. The van der Waals surface area contributed by atoms with Crippen molar-refractivity contribution in [3.63, 3.8) is 0 Å². The minimum Gasteiger partial charge on any atom is -0.496 e. The van der Waals surface area contributed by atoms with E-state index in [1.807, 2.05) is 19.1 Å². The van der Waals surface area contributed by atoms with Gasteiger partial charge >= 0.3 is 0 Å². The van der Waals surface area contributed by atoms with Gasteiger partial charge in [-0.25, -0.2) is 0 Å². The molecule has 0 fully saturated rings. The predicted molar refractivity (Wildman–Crippen MR) is 94.1 cm³/mol. The van der Waals surface area contributed by atoms with Gasteiger partial charge in [-0.3, -0.25) is 4.79 Å². The quantitative estimate of drug-likeness (QED) is 0.765. The Morgan fingerprint density at radius 3 is 2.48 bits per heavy atom.